The number of carbonyl (C=O) groups is 3. The van der Waals surface area contributed by atoms with E-state index in [9.17, 15) is 19.5 Å². The van der Waals surface area contributed by atoms with Gasteiger partial charge in [-0.2, -0.15) is 0 Å². The summed E-state index contributed by atoms with van der Waals surface area (Å²) in [4.78, 5) is 41.9. The molecule has 3 aromatic rings. The number of amides is 4. The first kappa shape index (κ1) is 28.5. The van der Waals surface area contributed by atoms with Crippen LogP contribution >= 0.6 is 0 Å². The molecule has 40 heavy (non-hydrogen) atoms. The molecule has 0 saturated heterocycles. The van der Waals surface area contributed by atoms with Gasteiger partial charge in [0, 0.05) is 36.4 Å². The second-order valence-corrected chi connectivity index (χ2v) is 9.94. The Labute approximate surface area is 232 Å². The standard InChI is InChI=1S/C27H34N8O5/c1-18-13-35(19(2)16-36)26(38)12-20-11-22(29-25(37)15-34-17-28-31-32-34)9-10-23(20)40-24(18)14-33(3)27(39)30-21-7-5-4-6-8-21/h4-11,17-19,24,36H,12-16H2,1-3H3,(H,29,37)(H,30,39)/t18-,19+,24+/m1/s1. The number of tetrazole rings is 1. The summed E-state index contributed by atoms with van der Waals surface area (Å²) in [5.74, 6) is -0.201. The van der Waals surface area contributed by atoms with E-state index < -0.39 is 12.1 Å². The maximum absolute atomic E-state index is 13.4. The number of ether oxygens (including phenoxy) is 1. The Morgan fingerprint density at radius 1 is 1.18 bits per heavy atom. The Balaban J connectivity index is 1.56. The van der Waals surface area contributed by atoms with Crippen LogP contribution in [0.1, 0.15) is 19.4 Å². The summed E-state index contributed by atoms with van der Waals surface area (Å²) in [6, 6.07) is 13.6. The number of benzene rings is 2. The first-order valence-electron chi connectivity index (χ1n) is 13.0. The van der Waals surface area contributed by atoms with Gasteiger partial charge in [-0.3, -0.25) is 9.59 Å². The van der Waals surface area contributed by atoms with Gasteiger partial charge in [0.15, 0.2) is 0 Å². The molecular formula is C27H34N8O5. The molecule has 0 radical (unpaired) electrons. The molecule has 1 aromatic heterocycles. The molecule has 2 heterocycles. The van der Waals surface area contributed by atoms with E-state index in [1.54, 1.807) is 54.1 Å². The van der Waals surface area contributed by atoms with Crippen molar-refractivity contribution in [3.63, 3.8) is 0 Å². The van der Waals surface area contributed by atoms with Crippen LogP contribution in [0, 0.1) is 5.92 Å². The SMILES string of the molecule is C[C@@H]1CN([C@@H](C)CO)C(=O)Cc2cc(NC(=O)Cn3cnnn3)ccc2O[C@H]1CN(C)C(=O)Nc1ccccc1. The number of rotatable bonds is 8. The summed E-state index contributed by atoms with van der Waals surface area (Å²) in [5.41, 5.74) is 1.74. The topological polar surface area (TPSA) is 155 Å². The zero-order valence-electron chi connectivity index (χ0n) is 22.7. The van der Waals surface area contributed by atoms with Gasteiger partial charge in [-0.1, -0.05) is 25.1 Å². The summed E-state index contributed by atoms with van der Waals surface area (Å²) in [6.45, 7) is 4.06. The number of para-hydroxylation sites is 1. The number of carbonyl (C=O) groups excluding carboxylic acids is 3. The molecule has 1 aliphatic heterocycles. The average Bonchev–Trinajstić information content (AvgIpc) is 3.45. The van der Waals surface area contributed by atoms with Crippen molar-refractivity contribution in [2.24, 2.45) is 5.92 Å². The minimum atomic E-state index is -0.468. The molecule has 4 rings (SSSR count). The molecule has 0 unspecified atom stereocenters. The molecular weight excluding hydrogens is 516 g/mol. The maximum Gasteiger partial charge on any atom is 0.321 e. The lowest BCUT2D eigenvalue weighted by Crippen LogP contribution is -2.48. The molecule has 3 atom stereocenters. The highest BCUT2D eigenvalue weighted by Crippen LogP contribution is 2.29. The van der Waals surface area contributed by atoms with Gasteiger partial charge in [-0.15, -0.1) is 5.10 Å². The van der Waals surface area contributed by atoms with Crippen LogP contribution in [0.25, 0.3) is 0 Å². The third-order valence-corrected chi connectivity index (χ3v) is 6.72. The van der Waals surface area contributed by atoms with E-state index in [0.717, 1.165) is 0 Å². The number of aromatic nitrogens is 4. The molecule has 0 spiro atoms. The molecule has 13 heteroatoms. The van der Waals surface area contributed by atoms with Crippen molar-refractivity contribution in [3.05, 3.63) is 60.4 Å². The minimum Gasteiger partial charge on any atom is -0.488 e. The first-order valence-corrected chi connectivity index (χ1v) is 13.0. The number of nitrogens with zero attached hydrogens (tertiary/aromatic N) is 6. The number of urea groups is 1. The van der Waals surface area contributed by atoms with E-state index in [2.05, 4.69) is 26.2 Å². The lowest BCUT2D eigenvalue weighted by atomic mass is 10.0. The third-order valence-electron chi connectivity index (χ3n) is 6.72. The number of hydrogen-bond donors (Lipinski definition) is 3. The Kier molecular flexibility index (Phi) is 9.27. The Morgan fingerprint density at radius 2 is 1.95 bits per heavy atom. The van der Waals surface area contributed by atoms with E-state index in [0.29, 0.717) is 29.2 Å². The molecule has 4 amide bonds. The van der Waals surface area contributed by atoms with Crippen LogP contribution in [0.4, 0.5) is 16.2 Å². The fraction of sp³-hybridized carbons (Fsp3) is 0.407. The van der Waals surface area contributed by atoms with Crippen LogP contribution in [0.2, 0.25) is 0 Å². The van der Waals surface area contributed by atoms with Crippen molar-refractivity contribution >= 4 is 29.2 Å². The third kappa shape index (κ3) is 7.32. The first-order chi connectivity index (χ1) is 19.2. The Hall–Kier alpha value is -4.52. The van der Waals surface area contributed by atoms with Crippen molar-refractivity contribution in [1.82, 2.24) is 30.0 Å². The lowest BCUT2D eigenvalue weighted by Gasteiger charge is -2.34. The van der Waals surface area contributed by atoms with Gasteiger partial charge in [0.1, 0.15) is 24.7 Å². The fourth-order valence-electron chi connectivity index (χ4n) is 4.42. The molecule has 13 nitrogen and oxygen atoms in total. The maximum atomic E-state index is 13.4. The number of hydrogen-bond acceptors (Lipinski definition) is 8. The van der Waals surface area contributed by atoms with Gasteiger partial charge in [0.25, 0.3) is 0 Å². The van der Waals surface area contributed by atoms with Crippen LogP contribution in [0.3, 0.4) is 0 Å². The number of likely N-dealkylation sites (N-methyl/N-ethyl adjacent to an activating group) is 1. The molecule has 212 valence electrons. The summed E-state index contributed by atoms with van der Waals surface area (Å²) >= 11 is 0. The van der Waals surface area contributed by atoms with E-state index in [1.165, 1.54) is 11.0 Å². The highest BCUT2D eigenvalue weighted by Gasteiger charge is 2.32. The number of aliphatic hydroxyl groups excluding tert-OH is 1. The van der Waals surface area contributed by atoms with Gasteiger partial charge >= 0.3 is 6.03 Å². The van der Waals surface area contributed by atoms with Crippen molar-refractivity contribution in [2.45, 2.75) is 39.0 Å². The van der Waals surface area contributed by atoms with E-state index in [1.807, 2.05) is 25.1 Å². The largest absolute Gasteiger partial charge is 0.488 e. The molecule has 0 aliphatic carbocycles. The lowest BCUT2D eigenvalue weighted by molar-refractivity contribution is -0.134. The summed E-state index contributed by atoms with van der Waals surface area (Å²) in [5, 5.41) is 26.2. The Morgan fingerprint density at radius 3 is 2.65 bits per heavy atom. The molecule has 3 N–H and O–H groups in total. The molecule has 1 aliphatic rings. The van der Waals surface area contributed by atoms with Crippen molar-refractivity contribution in [3.8, 4) is 5.75 Å². The van der Waals surface area contributed by atoms with Crippen molar-refractivity contribution in [1.29, 1.82) is 0 Å². The number of aliphatic hydroxyl groups is 1. The predicted octanol–water partition coefficient (Wildman–Crippen LogP) is 1.62. The number of nitrogens with one attached hydrogen (secondary N) is 2. The van der Waals surface area contributed by atoms with Crippen molar-refractivity contribution < 1.29 is 24.2 Å². The molecule has 2 aromatic carbocycles. The highest BCUT2D eigenvalue weighted by atomic mass is 16.5. The van der Waals surface area contributed by atoms with Gasteiger partial charge in [-0.05, 0) is 47.7 Å². The Bertz CT molecular complexity index is 1300. The molecule has 0 saturated carbocycles. The summed E-state index contributed by atoms with van der Waals surface area (Å²) < 4.78 is 7.75. The van der Waals surface area contributed by atoms with Gasteiger partial charge in [-0.25, -0.2) is 9.48 Å². The van der Waals surface area contributed by atoms with E-state index in [-0.39, 0.29) is 49.9 Å². The highest BCUT2D eigenvalue weighted by molar-refractivity contribution is 5.91. The fourth-order valence-corrected chi connectivity index (χ4v) is 4.42. The van der Waals surface area contributed by atoms with Crippen LogP contribution in [-0.4, -0.2) is 91.8 Å². The quantitative estimate of drug-likeness (QED) is 0.382. The average molecular weight is 551 g/mol. The summed E-state index contributed by atoms with van der Waals surface area (Å²) in [7, 11) is 1.68. The van der Waals surface area contributed by atoms with Crippen molar-refractivity contribution in [2.75, 3.05) is 37.4 Å². The monoisotopic (exact) mass is 550 g/mol. The van der Waals surface area contributed by atoms with Gasteiger partial charge in [0.2, 0.25) is 11.8 Å². The zero-order valence-corrected chi connectivity index (χ0v) is 22.7. The van der Waals surface area contributed by atoms with Crippen LogP contribution < -0.4 is 15.4 Å². The van der Waals surface area contributed by atoms with Gasteiger partial charge in [0.05, 0.1) is 25.6 Å². The number of anilines is 2. The van der Waals surface area contributed by atoms with E-state index >= 15 is 0 Å². The zero-order chi connectivity index (χ0) is 28.6. The second-order valence-electron chi connectivity index (χ2n) is 9.94. The second kappa shape index (κ2) is 13.0. The smallest absolute Gasteiger partial charge is 0.321 e. The van der Waals surface area contributed by atoms with Crippen LogP contribution in [0.5, 0.6) is 5.75 Å². The molecule has 0 bridgehead atoms. The summed E-state index contributed by atoms with van der Waals surface area (Å²) in [6.07, 6.45) is 0.885. The predicted molar refractivity (Wildman–Crippen MR) is 147 cm³/mol. The van der Waals surface area contributed by atoms with Crippen LogP contribution in [0.15, 0.2) is 54.9 Å². The van der Waals surface area contributed by atoms with Gasteiger partial charge < -0.3 is 30.3 Å². The van der Waals surface area contributed by atoms with E-state index in [4.69, 9.17) is 4.74 Å². The minimum absolute atomic E-state index is 0.0140. The van der Waals surface area contributed by atoms with Crippen LogP contribution in [-0.2, 0) is 22.6 Å². The normalized spacial score (nSPS) is 17.9. The molecule has 0 fully saturated rings. The number of fused-ring (bicyclic) bond motifs is 1.